The van der Waals surface area contributed by atoms with Crippen LogP contribution in [0, 0.1) is 6.92 Å². The zero-order chi connectivity index (χ0) is 19.1. The van der Waals surface area contributed by atoms with Gasteiger partial charge in [0, 0.05) is 22.9 Å². The first-order valence-electron chi connectivity index (χ1n) is 8.19. The van der Waals surface area contributed by atoms with Crippen molar-refractivity contribution in [2.45, 2.75) is 13.8 Å². The molecule has 2 rings (SSSR count). The van der Waals surface area contributed by atoms with Crippen LogP contribution in [0.25, 0.3) is 0 Å². The first-order chi connectivity index (χ1) is 12.4. The van der Waals surface area contributed by atoms with Crippen molar-refractivity contribution in [2.75, 3.05) is 30.8 Å². The normalized spacial score (nSPS) is 10.2. The molecule has 0 unspecified atom stereocenters. The van der Waals surface area contributed by atoms with Gasteiger partial charge in [-0.25, -0.2) is 0 Å². The first-order valence-corrected chi connectivity index (χ1v) is 8.97. The lowest BCUT2D eigenvalue weighted by molar-refractivity contribution is -0.116. The van der Waals surface area contributed by atoms with E-state index < -0.39 is 0 Å². The van der Waals surface area contributed by atoms with Gasteiger partial charge in [-0.2, -0.15) is 0 Å². The quantitative estimate of drug-likeness (QED) is 0.718. The molecule has 0 spiro atoms. The molecule has 1 amide bonds. The van der Waals surface area contributed by atoms with E-state index >= 15 is 0 Å². The number of carbonyl (C=O) groups excluding carboxylic acids is 1. The van der Waals surface area contributed by atoms with Crippen molar-refractivity contribution in [3.05, 3.63) is 53.1 Å². The van der Waals surface area contributed by atoms with E-state index in [4.69, 9.17) is 28.6 Å². The van der Waals surface area contributed by atoms with Crippen LogP contribution in [0.15, 0.2) is 42.5 Å². The molecule has 26 heavy (non-hydrogen) atoms. The van der Waals surface area contributed by atoms with Gasteiger partial charge in [-0.05, 0) is 68.0 Å². The third-order valence-electron chi connectivity index (χ3n) is 3.80. The van der Waals surface area contributed by atoms with E-state index in [1.807, 2.05) is 32.0 Å². The van der Waals surface area contributed by atoms with Crippen molar-refractivity contribution in [3.8, 4) is 5.75 Å². The number of carbonyl (C=O) groups is 1. The SMILES string of the molecule is CCN(CC(=O)Nc1ccc(OC)cc1)C(=S)Nc1ccc(C)c(Cl)c1. The molecular formula is C19H22ClN3O2S. The lowest BCUT2D eigenvalue weighted by Crippen LogP contribution is -2.40. The second-order valence-corrected chi connectivity index (χ2v) is 6.48. The molecule has 0 bridgehead atoms. The molecule has 0 aliphatic carbocycles. The van der Waals surface area contributed by atoms with Crippen molar-refractivity contribution in [1.82, 2.24) is 4.90 Å². The highest BCUT2D eigenvalue weighted by Crippen LogP contribution is 2.20. The number of nitrogens with one attached hydrogen (secondary N) is 2. The van der Waals surface area contributed by atoms with Crippen molar-refractivity contribution >= 4 is 46.2 Å². The number of benzene rings is 2. The highest BCUT2D eigenvalue weighted by Gasteiger charge is 2.13. The number of hydrogen-bond donors (Lipinski definition) is 2. The van der Waals surface area contributed by atoms with Gasteiger partial charge in [-0.1, -0.05) is 17.7 Å². The van der Waals surface area contributed by atoms with Gasteiger partial charge in [0.2, 0.25) is 5.91 Å². The molecular weight excluding hydrogens is 370 g/mol. The van der Waals surface area contributed by atoms with E-state index in [0.29, 0.717) is 22.4 Å². The summed E-state index contributed by atoms with van der Waals surface area (Å²) in [5, 5.41) is 7.10. The third-order valence-corrected chi connectivity index (χ3v) is 4.57. The third kappa shape index (κ3) is 5.61. The van der Waals surface area contributed by atoms with E-state index in [2.05, 4.69) is 10.6 Å². The number of hydrogen-bond acceptors (Lipinski definition) is 3. The fourth-order valence-corrected chi connectivity index (χ4v) is 2.74. The Bertz CT molecular complexity index is 781. The van der Waals surface area contributed by atoms with Crippen molar-refractivity contribution in [1.29, 1.82) is 0 Å². The van der Waals surface area contributed by atoms with Gasteiger partial charge in [0.15, 0.2) is 5.11 Å². The van der Waals surface area contributed by atoms with Crippen LogP contribution < -0.4 is 15.4 Å². The molecule has 5 nitrogen and oxygen atoms in total. The summed E-state index contributed by atoms with van der Waals surface area (Å²) in [4.78, 5) is 14.1. The molecule has 0 aromatic heterocycles. The van der Waals surface area contributed by atoms with E-state index in [-0.39, 0.29) is 12.5 Å². The van der Waals surface area contributed by atoms with Gasteiger partial charge in [-0.15, -0.1) is 0 Å². The molecule has 2 aromatic carbocycles. The van der Waals surface area contributed by atoms with Gasteiger partial charge < -0.3 is 20.3 Å². The smallest absolute Gasteiger partial charge is 0.243 e. The van der Waals surface area contributed by atoms with E-state index in [9.17, 15) is 4.79 Å². The average molecular weight is 392 g/mol. The monoisotopic (exact) mass is 391 g/mol. The van der Waals surface area contributed by atoms with Crippen molar-refractivity contribution in [3.63, 3.8) is 0 Å². The summed E-state index contributed by atoms with van der Waals surface area (Å²) < 4.78 is 5.10. The summed E-state index contributed by atoms with van der Waals surface area (Å²) in [6, 6.07) is 12.8. The Labute approximate surface area is 164 Å². The van der Waals surface area contributed by atoms with Crippen molar-refractivity contribution in [2.24, 2.45) is 0 Å². The Morgan fingerprint density at radius 1 is 1.15 bits per heavy atom. The molecule has 2 aromatic rings. The summed E-state index contributed by atoms with van der Waals surface area (Å²) in [6.45, 7) is 4.62. The number of aryl methyl sites for hydroxylation is 1. The molecule has 2 N–H and O–H groups in total. The number of likely N-dealkylation sites (N-methyl/N-ethyl adjacent to an activating group) is 1. The molecule has 0 saturated carbocycles. The highest BCUT2D eigenvalue weighted by atomic mass is 35.5. The fraction of sp³-hybridized carbons (Fsp3) is 0.263. The van der Waals surface area contributed by atoms with Crippen LogP contribution in [0.3, 0.4) is 0 Å². The predicted molar refractivity (Wildman–Crippen MR) is 111 cm³/mol. The summed E-state index contributed by atoms with van der Waals surface area (Å²) in [7, 11) is 1.60. The van der Waals surface area contributed by atoms with Gasteiger partial charge >= 0.3 is 0 Å². The number of halogens is 1. The average Bonchev–Trinajstić information content (AvgIpc) is 2.63. The second-order valence-electron chi connectivity index (χ2n) is 5.68. The van der Waals surface area contributed by atoms with Gasteiger partial charge in [-0.3, -0.25) is 4.79 Å². The molecule has 0 radical (unpaired) electrons. The Balaban J connectivity index is 1.94. The van der Waals surface area contributed by atoms with Gasteiger partial charge in [0.05, 0.1) is 13.7 Å². The lowest BCUT2D eigenvalue weighted by atomic mass is 10.2. The first kappa shape index (κ1) is 20.0. The Morgan fingerprint density at radius 2 is 1.81 bits per heavy atom. The lowest BCUT2D eigenvalue weighted by Gasteiger charge is -2.24. The summed E-state index contributed by atoms with van der Waals surface area (Å²) in [5.74, 6) is 0.587. The number of amides is 1. The van der Waals surface area contributed by atoms with Crippen LogP contribution in [0.5, 0.6) is 5.75 Å². The standard InChI is InChI=1S/C19H22ClN3O2S/c1-4-23(19(26)22-15-6-5-13(2)17(20)11-15)12-18(24)21-14-7-9-16(25-3)10-8-14/h5-11H,4,12H2,1-3H3,(H,21,24)(H,22,26). The number of nitrogens with zero attached hydrogens (tertiary/aromatic N) is 1. The van der Waals surface area contributed by atoms with Crippen LogP contribution in [0.1, 0.15) is 12.5 Å². The largest absolute Gasteiger partial charge is 0.497 e. The summed E-state index contributed by atoms with van der Waals surface area (Å²) >= 11 is 11.6. The van der Waals surface area contributed by atoms with Gasteiger partial charge in [0.1, 0.15) is 5.75 Å². The molecule has 0 aliphatic heterocycles. The topological polar surface area (TPSA) is 53.6 Å². The van der Waals surface area contributed by atoms with Crippen LogP contribution in [0.2, 0.25) is 5.02 Å². The zero-order valence-electron chi connectivity index (χ0n) is 15.0. The van der Waals surface area contributed by atoms with Crippen LogP contribution >= 0.6 is 23.8 Å². The number of ether oxygens (including phenoxy) is 1. The Morgan fingerprint density at radius 3 is 2.38 bits per heavy atom. The molecule has 0 fully saturated rings. The van der Waals surface area contributed by atoms with Crippen LogP contribution in [0.4, 0.5) is 11.4 Å². The maximum atomic E-state index is 12.3. The zero-order valence-corrected chi connectivity index (χ0v) is 16.6. The van der Waals surface area contributed by atoms with E-state index in [0.717, 1.165) is 17.0 Å². The molecule has 0 heterocycles. The van der Waals surface area contributed by atoms with E-state index in [1.165, 1.54) is 0 Å². The van der Waals surface area contributed by atoms with Crippen LogP contribution in [-0.2, 0) is 4.79 Å². The number of thiocarbonyl (C=S) groups is 1. The Hall–Kier alpha value is -2.31. The fourth-order valence-electron chi connectivity index (χ4n) is 2.25. The molecule has 0 atom stereocenters. The minimum atomic E-state index is -0.150. The second kappa shape index (κ2) is 9.40. The maximum Gasteiger partial charge on any atom is 0.243 e. The van der Waals surface area contributed by atoms with E-state index in [1.54, 1.807) is 36.3 Å². The molecule has 7 heteroatoms. The summed E-state index contributed by atoms with van der Waals surface area (Å²) in [6.07, 6.45) is 0. The molecule has 0 saturated heterocycles. The molecule has 138 valence electrons. The van der Waals surface area contributed by atoms with Crippen molar-refractivity contribution < 1.29 is 9.53 Å². The highest BCUT2D eigenvalue weighted by molar-refractivity contribution is 7.80. The number of anilines is 2. The van der Waals surface area contributed by atoms with Crippen LogP contribution in [-0.4, -0.2) is 36.1 Å². The number of rotatable bonds is 6. The summed E-state index contributed by atoms with van der Waals surface area (Å²) in [5.41, 5.74) is 2.49. The maximum absolute atomic E-state index is 12.3. The minimum Gasteiger partial charge on any atom is -0.497 e. The number of methoxy groups -OCH3 is 1. The predicted octanol–water partition coefficient (Wildman–Crippen LogP) is 4.31. The minimum absolute atomic E-state index is 0.147. The Kier molecular flexibility index (Phi) is 7.24. The molecule has 0 aliphatic rings. The van der Waals surface area contributed by atoms with Gasteiger partial charge in [0.25, 0.3) is 0 Å².